The van der Waals surface area contributed by atoms with E-state index in [0.29, 0.717) is 42.2 Å². The molecule has 4 aliphatic heterocycles. The highest BCUT2D eigenvalue weighted by molar-refractivity contribution is 7.90. The average molecular weight is 739 g/mol. The Morgan fingerprint density at radius 3 is 2.65 bits per heavy atom. The van der Waals surface area contributed by atoms with E-state index in [4.69, 9.17) is 21.1 Å². The lowest BCUT2D eigenvalue weighted by molar-refractivity contribution is -0.0973. The zero-order valence-corrected chi connectivity index (χ0v) is 32.1. The Balaban J connectivity index is 1.26. The first kappa shape index (κ1) is 36.7. The molecule has 0 unspecified atom stereocenters. The van der Waals surface area contributed by atoms with E-state index in [0.717, 1.165) is 87.6 Å². The zero-order valence-electron chi connectivity index (χ0n) is 30.5. The van der Waals surface area contributed by atoms with Crippen molar-refractivity contribution in [2.75, 3.05) is 57.8 Å². The summed E-state index contributed by atoms with van der Waals surface area (Å²) in [5.74, 6) is 0.533. The van der Waals surface area contributed by atoms with E-state index in [1.54, 1.807) is 13.0 Å². The number of piperazine rings is 1. The molecule has 2 aromatic carbocycles. The highest BCUT2D eigenvalue weighted by Crippen LogP contribution is 2.47. The van der Waals surface area contributed by atoms with Crippen LogP contribution >= 0.6 is 11.6 Å². The van der Waals surface area contributed by atoms with E-state index in [1.807, 2.05) is 44.4 Å². The lowest BCUT2D eigenvalue weighted by Gasteiger charge is -2.52. The predicted octanol–water partition coefficient (Wildman–Crippen LogP) is 6.30. The smallest absolute Gasteiger partial charge is 0.264 e. The molecule has 2 saturated heterocycles. The number of amides is 1. The minimum Gasteiger partial charge on any atom is -0.487 e. The van der Waals surface area contributed by atoms with E-state index in [9.17, 15) is 13.2 Å². The molecule has 0 spiro atoms. The van der Waals surface area contributed by atoms with E-state index >= 15 is 0 Å². The van der Waals surface area contributed by atoms with Crippen LogP contribution in [0, 0.1) is 17.8 Å². The van der Waals surface area contributed by atoms with Crippen molar-refractivity contribution in [1.82, 2.24) is 14.5 Å². The van der Waals surface area contributed by atoms with Crippen molar-refractivity contribution in [2.24, 2.45) is 17.8 Å². The summed E-state index contributed by atoms with van der Waals surface area (Å²) in [5.41, 5.74) is 2.93. The van der Waals surface area contributed by atoms with Gasteiger partial charge in [0.2, 0.25) is 10.0 Å². The molecule has 11 heteroatoms. The molecule has 4 heterocycles. The van der Waals surface area contributed by atoms with Gasteiger partial charge in [-0.15, -0.1) is 0 Å². The lowest BCUT2D eigenvalue weighted by atomic mass is 9.63. The van der Waals surface area contributed by atoms with Gasteiger partial charge in [0.15, 0.2) is 0 Å². The highest BCUT2D eigenvalue weighted by atomic mass is 35.5. The molecule has 6 atom stereocenters. The Kier molecular flexibility index (Phi) is 11.1. The first-order valence-corrected chi connectivity index (χ1v) is 21.0. The van der Waals surface area contributed by atoms with Crippen LogP contribution in [0.15, 0.2) is 48.6 Å². The van der Waals surface area contributed by atoms with Crippen LogP contribution in [-0.4, -0.2) is 93.9 Å². The molecule has 51 heavy (non-hydrogen) atoms. The van der Waals surface area contributed by atoms with E-state index in [-0.39, 0.29) is 5.92 Å². The molecule has 0 aromatic heterocycles. The number of hydrogen-bond acceptors (Lipinski definition) is 8. The lowest BCUT2D eigenvalue weighted by Crippen LogP contribution is -2.59. The average Bonchev–Trinajstić information content (AvgIpc) is 3.56. The molecule has 278 valence electrons. The number of fused-ring (bicyclic) bond motifs is 4. The van der Waals surface area contributed by atoms with Gasteiger partial charge in [-0.2, -0.15) is 0 Å². The largest absolute Gasteiger partial charge is 0.487 e. The summed E-state index contributed by atoms with van der Waals surface area (Å²) in [6.45, 7) is 10.8. The molecule has 0 radical (unpaired) electrons. The highest BCUT2D eigenvalue weighted by Gasteiger charge is 2.49. The van der Waals surface area contributed by atoms with E-state index in [2.05, 4.69) is 31.6 Å². The Hall–Kier alpha value is -2.63. The molecule has 3 fully saturated rings. The number of sulfonamides is 1. The summed E-state index contributed by atoms with van der Waals surface area (Å²) in [6.07, 6.45) is 12.6. The summed E-state index contributed by atoms with van der Waals surface area (Å²) in [4.78, 5) is 21.3. The third kappa shape index (κ3) is 7.86. The normalized spacial score (nSPS) is 32.6. The number of ether oxygens (including phenoxy) is 2. The minimum atomic E-state index is -3.94. The molecule has 1 aliphatic carbocycles. The number of aryl methyl sites for hydroxylation is 1. The minimum absolute atomic E-state index is 0.206. The van der Waals surface area contributed by atoms with Crippen molar-refractivity contribution in [1.29, 1.82) is 0 Å². The summed E-state index contributed by atoms with van der Waals surface area (Å²) in [7, 11) is -2.08. The fourth-order valence-electron chi connectivity index (χ4n) is 9.18. The van der Waals surface area contributed by atoms with Crippen molar-refractivity contribution in [3.8, 4) is 5.75 Å². The number of carbonyl (C=O) groups is 1. The standard InChI is InChI=1S/C40H55ClN4O5S/c1-28-8-6-17-40(49-3,27-43-20-21-44-19-7-10-35(44)25-43)36-15-12-32(36)24-45-18-5-4-9-30-22-34(41)14-11-33(30)26-50-38-16-13-31(23-37(38)45)39(46)42-51(47,48)29(28)2/h6,11,13-14,16-17,22-23,28-29,32,35-36H,4-5,7-10,12,15,18-21,24-27H2,1-3H3,(H,42,46)/b17-6+/t28-,29+,32-,35-,36+,40-/m0/s1. The van der Waals surface area contributed by atoms with Crippen molar-refractivity contribution < 1.29 is 22.7 Å². The number of nitrogens with one attached hydrogen (secondary N) is 1. The number of hydrogen-bond donors (Lipinski definition) is 1. The number of halogens is 1. The van der Waals surface area contributed by atoms with Gasteiger partial charge in [-0.25, -0.2) is 13.1 Å². The van der Waals surface area contributed by atoms with Crippen LogP contribution in [-0.2, 0) is 27.8 Å². The number of nitrogens with zero attached hydrogens (tertiary/aromatic N) is 3. The first-order valence-electron chi connectivity index (χ1n) is 19.1. The molecular weight excluding hydrogens is 684 g/mol. The number of carbonyl (C=O) groups excluding carboxylic acids is 1. The molecule has 2 bridgehead atoms. The quantitative estimate of drug-likeness (QED) is 0.368. The van der Waals surface area contributed by atoms with Gasteiger partial charge in [0.1, 0.15) is 18.0 Å². The van der Waals surface area contributed by atoms with Gasteiger partial charge in [0, 0.05) is 63.0 Å². The summed E-state index contributed by atoms with van der Waals surface area (Å²) < 4.78 is 42.8. The van der Waals surface area contributed by atoms with Crippen LogP contribution < -0.4 is 14.4 Å². The first-order chi connectivity index (χ1) is 24.5. The Morgan fingerprint density at radius 1 is 0.980 bits per heavy atom. The van der Waals surface area contributed by atoms with Crippen molar-refractivity contribution in [3.05, 3.63) is 70.3 Å². The molecule has 1 N–H and O–H groups in total. The third-order valence-corrected chi connectivity index (χ3v) is 14.8. The molecule has 9 nitrogen and oxygen atoms in total. The second-order valence-electron chi connectivity index (χ2n) is 15.8. The number of methoxy groups -OCH3 is 1. The maximum absolute atomic E-state index is 13.6. The van der Waals surface area contributed by atoms with Crippen LogP contribution in [0.3, 0.4) is 0 Å². The van der Waals surface area contributed by atoms with Gasteiger partial charge in [0.25, 0.3) is 5.91 Å². The fourth-order valence-corrected chi connectivity index (χ4v) is 10.7. The third-order valence-electron chi connectivity index (χ3n) is 12.7. The van der Waals surface area contributed by atoms with Crippen LogP contribution in [0.25, 0.3) is 0 Å². The Labute approximate surface area is 309 Å². The number of benzene rings is 2. The molecule has 7 rings (SSSR count). The topological polar surface area (TPSA) is 91.4 Å². The van der Waals surface area contributed by atoms with Gasteiger partial charge in [0.05, 0.1) is 10.9 Å². The number of anilines is 1. The van der Waals surface area contributed by atoms with E-state index in [1.165, 1.54) is 24.9 Å². The number of rotatable bonds is 3. The van der Waals surface area contributed by atoms with Crippen molar-refractivity contribution in [2.45, 2.75) is 88.7 Å². The summed E-state index contributed by atoms with van der Waals surface area (Å²) >= 11 is 6.40. The second-order valence-corrected chi connectivity index (χ2v) is 18.2. The van der Waals surface area contributed by atoms with Crippen LogP contribution in [0.4, 0.5) is 5.69 Å². The summed E-state index contributed by atoms with van der Waals surface area (Å²) in [6, 6.07) is 11.9. The monoisotopic (exact) mass is 738 g/mol. The molecule has 1 amide bonds. The molecular formula is C40H55ClN4O5S. The van der Waals surface area contributed by atoms with Crippen molar-refractivity contribution >= 4 is 33.2 Å². The molecule has 5 aliphatic rings. The zero-order chi connectivity index (χ0) is 35.8. The summed E-state index contributed by atoms with van der Waals surface area (Å²) in [5, 5.41) is -0.0441. The van der Waals surface area contributed by atoms with Gasteiger partial charge in [-0.05, 0) is 124 Å². The molecule has 1 saturated carbocycles. The van der Waals surface area contributed by atoms with Crippen molar-refractivity contribution in [3.63, 3.8) is 0 Å². The van der Waals surface area contributed by atoms with Gasteiger partial charge in [-0.1, -0.05) is 36.7 Å². The molecule has 2 aromatic rings. The van der Waals surface area contributed by atoms with Gasteiger partial charge < -0.3 is 14.4 Å². The van der Waals surface area contributed by atoms with Gasteiger partial charge in [-0.3, -0.25) is 14.6 Å². The number of allylic oxidation sites excluding steroid dienone is 1. The van der Waals surface area contributed by atoms with Crippen LogP contribution in [0.5, 0.6) is 5.75 Å². The van der Waals surface area contributed by atoms with Crippen LogP contribution in [0.2, 0.25) is 5.02 Å². The van der Waals surface area contributed by atoms with E-state index < -0.39 is 26.8 Å². The fraction of sp³-hybridized carbons (Fsp3) is 0.625. The van der Waals surface area contributed by atoms with Gasteiger partial charge >= 0.3 is 0 Å². The predicted molar refractivity (Wildman–Crippen MR) is 203 cm³/mol. The maximum atomic E-state index is 13.6. The Morgan fingerprint density at radius 2 is 1.84 bits per heavy atom. The SMILES string of the molecule is CO[C@]1(CN2CCN3CCC[C@H]3C2)/C=C/C[C@H](C)[C@@H](C)S(=O)(=O)NC(=O)c2ccc3c(c2)N(CCCCc2cc(Cl)ccc2CO3)C[C@@H]2CC[C@H]21. The Bertz CT molecular complexity index is 1720. The maximum Gasteiger partial charge on any atom is 0.264 e. The van der Waals surface area contributed by atoms with Crippen LogP contribution in [0.1, 0.15) is 80.3 Å². The second kappa shape index (κ2) is 15.4.